The molecular formula is C10H17NO2. The molecule has 0 bridgehead atoms. The highest BCUT2D eigenvalue weighted by atomic mass is 16.5. The van der Waals surface area contributed by atoms with Gasteiger partial charge >= 0.3 is 0 Å². The lowest BCUT2D eigenvalue weighted by atomic mass is 10.2. The van der Waals surface area contributed by atoms with Crippen molar-refractivity contribution in [2.45, 2.75) is 25.8 Å². The van der Waals surface area contributed by atoms with E-state index in [1.54, 1.807) is 7.11 Å². The molecule has 3 nitrogen and oxygen atoms in total. The average molecular weight is 183 g/mol. The molecule has 1 atom stereocenters. The Balaban J connectivity index is 2.50. The van der Waals surface area contributed by atoms with Crippen molar-refractivity contribution in [2.75, 3.05) is 13.7 Å². The van der Waals surface area contributed by atoms with Gasteiger partial charge in [0.05, 0.1) is 6.04 Å². The third-order valence-corrected chi connectivity index (χ3v) is 2.03. The van der Waals surface area contributed by atoms with Crippen LogP contribution in [0.25, 0.3) is 0 Å². The third-order valence-electron chi connectivity index (χ3n) is 2.03. The molecular weight excluding hydrogens is 166 g/mol. The number of nitrogens with two attached hydrogens (primary N) is 1. The second-order valence-corrected chi connectivity index (χ2v) is 3.05. The molecule has 0 aliphatic heterocycles. The molecule has 0 spiro atoms. The van der Waals surface area contributed by atoms with Crippen LogP contribution in [0.5, 0.6) is 0 Å². The largest absolute Gasteiger partial charge is 0.464 e. The third kappa shape index (κ3) is 2.86. The molecule has 0 fully saturated rings. The average Bonchev–Trinajstić information content (AvgIpc) is 2.62. The normalized spacial score (nSPS) is 13.2. The van der Waals surface area contributed by atoms with Crippen molar-refractivity contribution in [1.29, 1.82) is 0 Å². The Hall–Kier alpha value is -0.800. The van der Waals surface area contributed by atoms with Crippen molar-refractivity contribution >= 4 is 0 Å². The zero-order chi connectivity index (χ0) is 9.68. The second-order valence-electron chi connectivity index (χ2n) is 3.05. The van der Waals surface area contributed by atoms with Crippen molar-refractivity contribution in [3.8, 4) is 0 Å². The van der Waals surface area contributed by atoms with Gasteiger partial charge in [-0.2, -0.15) is 0 Å². The van der Waals surface area contributed by atoms with Crippen LogP contribution >= 0.6 is 0 Å². The molecule has 13 heavy (non-hydrogen) atoms. The molecule has 1 aromatic rings. The van der Waals surface area contributed by atoms with Crippen LogP contribution in [0.15, 0.2) is 16.5 Å². The highest BCUT2D eigenvalue weighted by Gasteiger charge is 2.09. The first-order chi connectivity index (χ1) is 6.27. The SMILES string of the molecule is CCc1ccc(C(N)CCOC)o1. The molecule has 1 heterocycles. The molecule has 0 aromatic carbocycles. The molecule has 0 radical (unpaired) electrons. The van der Waals surface area contributed by atoms with Gasteiger partial charge in [-0.25, -0.2) is 0 Å². The fourth-order valence-corrected chi connectivity index (χ4v) is 1.17. The van der Waals surface area contributed by atoms with Gasteiger partial charge in [0.1, 0.15) is 11.5 Å². The van der Waals surface area contributed by atoms with Gasteiger partial charge in [-0.1, -0.05) is 6.92 Å². The molecule has 0 aliphatic rings. The maximum atomic E-state index is 5.88. The van der Waals surface area contributed by atoms with E-state index in [9.17, 15) is 0 Å². The second kappa shape index (κ2) is 5.04. The number of rotatable bonds is 5. The molecule has 0 saturated carbocycles. The Morgan fingerprint density at radius 3 is 2.85 bits per heavy atom. The summed E-state index contributed by atoms with van der Waals surface area (Å²) < 4.78 is 10.5. The van der Waals surface area contributed by atoms with E-state index in [1.165, 1.54) is 0 Å². The van der Waals surface area contributed by atoms with Crippen molar-refractivity contribution in [2.24, 2.45) is 5.73 Å². The van der Waals surface area contributed by atoms with Crippen LogP contribution in [0, 0.1) is 0 Å². The van der Waals surface area contributed by atoms with Crippen molar-refractivity contribution < 1.29 is 9.15 Å². The minimum Gasteiger partial charge on any atom is -0.464 e. The maximum absolute atomic E-state index is 5.88. The standard InChI is InChI=1S/C10H17NO2/c1-3-8-4-5-10(13-8)9(11)6-7-12-2/h4-5,9H,3,6-7,11H2,1-2H3. The monoisotopic (exact) mass is 183 g/mol. The number of aryl methyl sites for hydroxylation is 1. The van der Waals surface area contributed by atoms with Gasteiger partial charge in [0, 0.05) is 20.1 Å². The predicted molar refractivity (Wildman–Crippen MR) is 51.5 cm³/mol. The molecule has 0 amide bonds. The zero-order valence-corrected chi connectivity index (χ0v) is 8.25. The molecule has 0 aliphatic carbocycles. The lowest BCUT2D eigenvalue weighted by Gasteiger charge is -2.06. The van der Waals surface area contributed by atoms with Crippen molar-refractivity contribution in [1.82, 2.24) is 0 Å². The number of hydrogen-bond acceptors (Lipinski definition) is 3. The van der Waals surface area contributed by atoms with Gasteiger partial charge in [-0.3, -0.25) is 0 Å². The number of furan rings is 1. The molecule has 1 aromatic heterocycles. The highest BCUT2D eigenvalue weighted by Crippen LogP contribution is 2.17. The lowest BCUT2D eigenvalue weighted by Crippen LogP contribution is -2.11. The van der Waals surface area contributed by atoms with Gasteiger partial charge in [0.2, 0.25) is 0 Å². The van der Waals surface area contributed by atoms with Crippen LogP contribution in [0.3, 0.4) is 0 Å². The summed E-state index contributed by atoms with van der Waals surface area (Å²) in [5.74, 6) is 1.84. The van der Waals surface area contributed by atoms with E-state index in [0.717, 1.165) is 24.4 Å². The van der Waals surface area contributed by atoms with Gasteiger partial charge in [-0.05, 0) is 18.6 Å². The van der Waals surface area contributed by atoms with E-state index in [1.807, 2.05) is 12.1 Å². The number of methoxy groups -OCH3 is 1. The first kappa shape index (κ1) is 10.3. The fourth-order valence-electron chi connectivity index (χ4n) is 1.17. The van der Waals surface area contributed by atoms with E-state index in [-0.39, 0.29) is 6.04 Å². The van der Waals surface area contributed by atoms with Gasteiger partial charge in [0.15, 0.2) is 0 Å². The van der Waals surface area contributed by atoms with Crippen LogP contribution in [-0.4, -0.2) is 13.7 Å². The molecule has 1 unspecified atom stereocenters. The van der Waals surface area contributed by atoms with Gasteiger partial charge < -0.3 is 14.9 Å². The highest BCUT2D eigenvalue weighted by molar-refractivity contribution is 5.10. The Bertz CT molecular complexity index is 245. The van der Waals surface area contributed by atoms with Crippen molar-refractivity contribution in [3.63, 3.8) is 0 Å². The molecule has 0 saturated heterocycles. The first-order valence-corrected chi connectivity index (χ1v) is 4.61. The van der Waals surface area contributed by atoms with Crippen LogP contribution in [0.1, 0.15) is 30.9 Å². The maximum Gasteiger partial charge on any atom is 0.120 e. The number of hydrogen-bond donors (Lipinski definition) is 1. The zero-order valence-electron chi connectivity index (χ0n) is 8.25. The minimum atomic E-state index is -0.0414. The fraction of sp³-hybridized carbons (Fsp3) is 0.600. The van der Waals surface area contributed by atoms with Gasteiger partial charge in [-0.15, -0.1) is 0 Å². The summed E-state index contributed by atoms with van der Waals surface area (Å²) in [6.45, 7) is 2.73. The first-order valence-electron chi connectivity index (χ1n) is 4.61. The molecule has 74 valence electrons. The molecule has 3 heteroatoms. The summed E-state index contributed by atoms with van der Waals surface area (Å²) >= 11 is 0. The summed E-state index contributed by atoms with van der Waals surface area (Å²) in [6.07, 6.45) is 1.71. The Kier molecular flexibility index (Phi) is 3.99. The summed E-state index contributed by atoms with van der Waals surface area (Å²) in [6, 6.07) is 3.88. The summed E-state index contributed by atoms with van der Waals surface area (Å²) in [7, 11) is 1.67. The van der Waals surface area contributed by atoms with Crippen LogP contribution in [-0.2, 0) is 11.2 Å². The minimum absolute atomic E-state index is 0.0414. The van der Waals surface area contributed by atoms with E-state index in [2.05, 4.69) is 6.92 Å². The van der Waals surface area contributed by atoms with Crippen LogP contribution < -0.4 is 5.73 Å². The summed E-state index contributed by atoms with van der Waals surface area (Å²) in [5, 5.41) is 0. The van der Waals surface area contributed by atoms with E-state index >= 15 is 0 Å². The van der Waals surface area contributed by atoms with Crippen LogP contribution in [0.2, 0.25) is 0 Å². The Morgan fingerprint density at radius 1 is 1.54 bits per heavy atom. The Morgan fingerprint density at radius 2 is 2.31 bits per heavy atom. The van der Waals surface area contributed by atoms with E-state index in [4.69, 9.17) is 14.9 Å². The summed E-state index contributed by atoms with van der Waals surface area (Å²) in [4.78, 5) is 0. The smallest absolute Gasteiger partial charge is 0.120 e. The van der Waals surface area contributed by atoms with Crippen molar-refractivity contribution in [3.05, 3.63) is 23.7 Å². The topological polar surface area (TPSA) is 48.4 Å². The molecule has 2 N–H and O–H groups in total. The summed E-state index contributed by atoms with van der Waals surface area (Å²) in [5.41, 5.74) is 5.88. The number of ether oxygens (including phenoxy) is 1. The lowest BCUT2D eigenvalue weighted by molar-refractivity contribution is 0.184. The quantitative estimate of drug-likeness (QED) is 0.758. The van der Waals surface area contributed by atoms with Crippen LogP contribution in [0.4, 0.5) is 0 Å². The van der Waals surface area contributed by atoms with Gasteiger partial charge in [0.25, 0.3) is 0 Å². The molecule has 1 rings (SSSR count). The Labute approximate surface area is 78.9 Å². The van der Waals surface area contributed by atoms with E-state index in [0.29, 0.717) is 6.61 Å². The van der Waals surface area contributed by atoms with E-state index < -0.39 is 0 Å². The predicted octanol–water partition coefficient (Wildman–Crippen LogP) is 1.88.